The highest BCUT2D eigenvalue weighted by molar-refractivity contribution is 6.29. The van der Waals surface area contributed by atoms with Gasteiger partial charge < -0.3 is 10.8 Å². The molecule has 3 N–H and O–H groups in total. The van der Waals surface area contributed by atoms with Gasteiger partial charge in [-0.3, -0.25) is 0 Å². The number of aromatic nitrogens is 2. The quantitative estimate of drug-likeness (QED) is 0.843. The van der Waals surface area contributed by atoms with Gasteiger partial charge in [0.1, 0.15) is 22.9 Å². The molecule has 1 aromatic carbocycles. The van der Waals surface area contributed by atoms with Crippen LogP contribution in [0.25, 0.3) is 0 Å². The number of aliphatic hydroxyl groups is 1. The standard InChI is InChI=1S/C12H11ClFN3O.2ClH/c13-9-4-5-16-12(17-9)10(15)11(18)7-2-1-3-8(14)6-7;;/h1-6,10-11,18H,15H2;2*1H/t10-,11+;;/m0../s1. The SMILES string of the molecule is Cl.Cl.N[C@H](c1nccc(Cl)n1)[C@H](O)c1cccc(F)c1. The van der Waals surface area contributed by atoms with Crippen molar-refractivity contribution in [2.75, 3.05) is 0 Å². The first-order valence-electron chi connectivity index (χ1n) is 5.25. The Bertz CT molecular complexity index is 509. The van der Waals surface area contributed by atoms with E-state index in [0.717, 1.165) is 0 Å². The molecule has 0 spiro atoms. The van der Waals surface area contributed by atoms with Gasteiger partial charge >= 0.3 is 0 Å². The molecule has 0 fully saturated rings. The number of rotatable bonds is 3. The molecule has 1 aromatic heterocycles. The molecule has 2 aromatic rings. The Kier molecular flexibility index (Phi) is 7.93. The second kappa shape index (κ2) is 8.34. The Morgan fingerprint density at radius 3 is 2.55 bits per heavy atom. The molecule has 0 amide bonds. The van der Waals surface area contributed by atoms with Crippen LogP contribution < -0.4 is 5.73 Å². The van der Waals surface area contributed by atoms with Gasteiger partial charge in [0.05, 0.1) is 6.04 Å². The van der Waals surface area contributed by atoms with Crippen molar-refractivity contribution in [3.05, 3.63) is 58.9 Å². The molecule has 20 heavy (non-hydrogen) atoms. The number of benzene rings is 1. The Labute approximate surface area is 133 Å². The van der Waals surface area contributed by atoms with Crippen molar-refractivity contribution in [2.45, 2.75) is 12.1 Å². The second-order valence-electron chi connectivity index (χ2n) is 3.76. The summed E-state index contributed by atoms with van der Waals surface area (Å²) in [7, 11) is 0. The molecule has 0 unspecified atom stereocenters. The van der Waals surface area contributed by atoms with Gasteiger partial charge in [0, 0.05) is 6.20 Å². The van der Waals surface area contributed by atoms with Gasteiger partial charge in [-0.05, 0) is 23.8 Å². The van der Waals surface area contributed by atoms with E-state index in [0.29, 0.717) is 5.56 Å². The smallest absolute Gasteiger partial charge is 0.149 e. The second-order valence-corrected chi connectivity index (χ2v) is 4.15. The predicted octanol–water partition coefficient (Wildman–Crippen LogP) is 2.85. The number of nitrogens with zero attached hydrogens (tertiary/aromatic N) is 2. The normalized spacial score (nSPS) is 12.8. The largest absolute Gasteiger partial charge is 0.386 e. The Morgan fingerprint density at radius 2 is 1.95 bits per heavy atom. The van der Waals surface area contributed by atoms with Crippen LogP contribution in [0.4, 0.5) is 4.39 Å². The monoisotopic (exact) mass is 339 g/mol. The number of aliphatic hydroxyl groups excluding tert-OH is 1. The van der Waals surface area contributed by atoms with E-state index in [-0.39, 0.29) is 35.8 Å². The van der Waals surface area contributed by atoms with Crippen LogP contribution in [0.5, 0.6) is 0 Å². The van der Waals surface area contributed by atoms with E-state index >= 15 is 0 Å². The number of nitrogens with two attached hydrogens (primary N) is 1. The van der Waals surface area contributed by atoms with E-state index in [4.69, 9.17) is 17.3 Å². The Morgan fingerprint density at radius 1 is 1.25 bits per heavy atom. The van der Waals surface area contributed by atoms with Crippen LogP contribution in [0, 0.1) is 5.82 Å². The van der Waals surface area contributed by atoms with Crippen LogP contribution in [0.15, 0.2) is 36.5 Å². The summed E-state index contributed by atoms with van der Waals surface area (Å²) in [6, 6.07) is 6.22. The van der Waals surface area contributed by atoms with Gasteiger partial charge in [-0.25, -0.2) is 14.4 Å². The van der Waals surface area contributed by atoms with Crippen molar-refractivity contribution < 1.29 is 9.50 Å². The zero-order valence-corrected chi connectivity index (χ0v) is 12.5. The molecule has 0 bridgehead atoms. The van der Waals surface area contributed by atoms with Crippen molar-refractivity contribution in [3.8, 4) is 0 Å². The molecule has 0 aliphatic rings. The molecule has 0 saturated carbocycles. The average Bonchev–Trinajstić information content (AvgIpc) is 2.37. The lowest BCUT2D eigenvalue weighted by atomic mass is 10.0. The van der Waals surface area contributed by atoms with Crippen molar-refractivity contribution in [2.24, 2.45) is 5.73 Å². The molecule has 2 rings (SSSR count). The first-order chi connectivity index (χ1) is 8.58. The van der Waals surface area contributed by atoms with Crippen molar-refractivity contribution in [3.63, 3.8) is 0 Å². The summed E-state index contributed by atoms with van der Waals surface area (Å²) >= 11 is 5.72. The minimum atomic E-state index is -1.10. The number of hydrogen-bond acceptors (Lipinski definition) is 4. The fraction of sp³-hybridized carbons (Fsp3) is 0.167. The molecular weight excluding hydrogens is 328 g/mol. The third-order valence-electron chi connectivity index (χ3n) is 2.47. The van der Waals surface area contributed by atoms with Gasteiger partial charge in [-0.2, -0.15) is 0 Å². The lowest BCUT2D eigenvalue weighted by molar-refractivity contribution is 0.143. The summed E-state index contributed by atoms with van der Waals surface area (Å²) in [6.45, 7) is 0. The van der Waals surface area contributed by atoms with Crippen molar-refractivity contribution >= 4 is 36.4 Å². The summed E-state index contributed by atoms with van der Waals surface area (Å²) in [5.74, 6) is -0.231. The van der Waals surface area contributed by atoms with Crippen LogP contribution in [0.1, 0.15) is 23.5 Å². The first kappa shape index (κ1) is 19.0. The molecule has 1 heterocycles. The van der Waals surface area contributed by atoms with Crippen LogP contribution in [0.2, 0.25) is 5.15 Å². The maximum Gasteiger partial charge on any atom is 0.149 e. The van der Waals surface area contributed by atoms with E-state index in [2.05, 4.69) is 9.97 Å². The molecule has 4 nitrogen and oxygen atoms in total. The number of halogens is 4. The fourth-order valence-electron chi connectivity index (χ4n) is 1.55. The lowest BCUT2D eigenvalue weighted by Crippen LogP contribution is -2.22. The third-order valence-corrected chi connectivity index (χ3v) is 2.68. The van der Waals surface area contributed by atoms with Gasteiger partial charge in [-0.1, -0.05) is 23.7 Å². The highest BCUT2D eigenvalue weighted by atomic mass is 35.5. The molecule has 0 saturated heterocycles. The molecule has 0 radical (unpaired) electrons. The Hall–Kier alpha value is -0.980. The summed E-state index contributed by atoms with van der Waals surface area (Å²) in [4.78, 5) is 7.85. The van der Waals surface area contributed by atoms with Gasteiger partial charge in [0.25, 0.3) is 0 Å². The van der Waals surface area contributed by atoms with Crippen LogP contribution in [-0.4, -0.2) is 15.1 Å². The minimum absolute atomic E-state index is 0. The van der Waals surface area contributed by atoms with Crippen molar-refractivity contribution in [1.29, 1.82) is 0 Å². The maximum atomic E-state index is 13.1. The van der Waals surface area contributed by atoms with Gasteiger partial charge in [0.2, 0.25) is 0 Å². The average molecular weight is 341 g/mol. The van der Waals surface area contributed by atoms with E-state index in [1.807, 2.05) is 0 Å². The summed E-state index contributed by atoms with van der Waals surface area (Å²) in [6.07, 6.45) is 0.349. The summed E-state index contributed by atoms with van der Waals surface area (Å²) in [5, 5.41) is 10.3. The van der Waals surface area contributed by atoms with Crippen molar-refractivity contribution in [1.82, 2.24) is 9.97 Å². The Balaban J connectivity index is 0.00000180. The van der Waals surface area contributed by atoms with E-state index < -0.39 is 18.0 Å². The zero-order chi connectivity index (χ0) is 13.1. The van der Waals surface area contributed by atoms with Crippen LogP contribution in [0.3, 0.4) is 0 Å². The number of hydrogen-bond donors (Lipinski definition) is 2. The van der Waals surface area contributed by atoms with E-state index in [1.165, 1.54) is 30.5 Å². The summed E-state index contributed by atoms with van der Waals surface area (Å²) < 4.78 is 13.1. The van der Waals surface area contributed by atoms with Crippen LogP contribution in [-0.2, 0) is 0 Å². The minimum Gasteiger partial charge on any atom is -0.386 e. The lowest BCUT2D eigenvalue weighted by Gasteiger charge is -2.17. The molecule has 2 atom stereocenters. The highest BCUT2D eigenvalue weighted by Gasteiger charge is 2.21. The van der Waals surface area contributed by atoms with E-state index in [9.17, 15) is 9.50 Å². The molecule has 0 aliphatic heterocycles. The van der Waals surface area contributed by atoms with E-state index in [1.54, 1.807) is 6.07 Å². The molecule has 8 heteroatoms. The highest BCUT2D eigenvalue weighted by Crippen LogP contribution is 2.25. The predicted molar refractivity (Wildman–Crippen MR) is 79.8 cm³/mol. The van der Waals surface area contributed by atoms with Gasteiger partial charge in [0.15, 0.2) is 0 Å². The molecule has 110 valence electrons. The first-order valence-corrected chi connectivity index (χ1v) is 5.63. The topological polar surface area (TPSA) is 72.0 Å². The molecular formula is C12H13Cl3FN3O. The van der Waals surface area contributed by atoms with Crippen LogP contribution >= 0.6 is 36.4 Å². The molecule has 0 aliphatic carbocycles. The third kappa shape index (κ3) is 4.54. The maximum absolute atomic E-state index is 13.1. The zero-order valence-electron chi connectivity index (χ0n) is 10.1. The fourth-order valence-corrected chi connectivity index (χ4v) is 1.69. The van der Waals surface area contributed by atoms with Gasteiger partial charge in [-0.15, -0.1) is 24.8 Å². The summed E-state index contributed by atoms with van der Waals surface area (Å²) in [5.41, 5.74) is 6.20.